The van der Waals surface area contributed by atoms with Crippen molar-refractivity contribution in [2.24, 2.45) is 5.16 Å². The highest BCUT2D eigenvalue weighted by molar-refractivity contribution is 6.22. The molecule has 0 aromatic rings. The number of nitrogens with zero attached hydrogens (tertiary/aromatic N) is 1. The van der Waals surface area contributed by atoms with Crippen LogP contribution in [0.25, 0.3) is 0 Å². The molecule has 1 atom stereocenters. The van der Waals surface area contributed by atoms with Crippen molar-refractivity contribution in [1.29, 1.82) is 0 Å². The molecular weight excluding hydrogens is 150 g/mol. The van der Waals surface area contributed by atoms with Crippen molar-refractivity contribution in [3.8, 4) is 0 Å². The number of oxime groups is 1. The molecule has 1 aliphatic rings. The summed E-state index contributed by atoms with van der Waals surface area (Å²) in [6.45, 7) is 0. The van der Waals surface area contributed by atoms with Crippen LogP contribution in [0.15, 0.2) is 5.16 Å². The van der Waals surface area contributed by atoms with Crippen LogP contribution < -0.4 is 0 Å². The molecule has 10 heavy (non-hydrogen) atoms. The molecule has 58 valence electrons. The first-order valence-corrected chi connectivity index (χ1v) is 3.99. The summed E-state index contributed by atoms with van der Waals surface area (Å²) < 4.78 is 0. The average Bonchev–Trinajstić information content (AvgIpc) is 1.88. The van der Waals surface area contributed by atoms with Crippen molar-refractivity contribution in [1.82, 2.24) is 0 Å². The van der Waals surface area contributed by atoms with Gasteiger partial charge in [0, 0.05) is 11.8 Å². The van der Waals surface area contributed by atoms with E-state index in [0.717, 1.165) is 31.4 Å². The Balaban J connectivity index is 2.39. The maximum atomic E-state index is 5.91. The van der Waals surface area contributed by atoms with E-state index in [9.17, 15) is 0 Å². The summed E-state index contributed by atoms with van der Waals surface area (Å²) in [5.41, 5.74) is 1.11. The topological polar surface area (TPSA) is 21.6 Å². The molecule has 0 saturated heterocycles. The van der Waals surface area contributed by atoms with Crippen molar-refractivity contribution in [3.63, 3.8) is 0 Å². The largest absolute Gasteiger partial charge is 0.399 e. The molecule has 3 heteroatoms. The van der Waals surface area contributed by atoms with Gasteiger partial charge in [0.25, 0.3) is 0 Å². The zero-order chi connectivity index (χ0) is 7.40. The van der Waals surface area contributed by atoms with Gasteiger partial charge in [-0.05, 0) is 19.3 Å². The summed E-state index contributed by atoms with van der Waals surface area (Å²) in [7, 11) is 1.57. The lowest BCUT2D eigenvalue weighted by Gasteiger charge is -2.16. The van der Waals surface area contributed by atoms with Gasteiger partial charge in [0.15, 0.2) is 0 Å². The third-order valence-corrected chi connectivity index (χ3v) is 2.03. The Morgan fingerprint density at radius 1 is 1.70 bits per heavy atom. The van der Waals surface area contributed by atoms with Crippen molar-refractivity contribution < 1.29 is 4.84 Å². The smallest absolute Gasteiger partial charge is 0.106 e. The molecule has 1 rings (SSSR count). The molecule has 0 radical (unpaired) electrons. The molecular formula is C7H12ClNO. The second kappa shape index (κ2) is 3.81. The Bertz CT molecular complexity index is 136. The van der Waals surface area contributed by atoms with E-state index in [1.165, 1.54) is 0 Å². The van der Waals surface area contributed by atoms with E-state index in [1.54, 1.807) is 7.11 Å². The van der Waals surface area contributed by atoms with E-state index < -0.39 is 0 Å². The number of hydrogen-bond donors (Lipinski definition) is 0. The summed E-state index contributed by atoms with van der Waals surface area (Å²) >= 11 is 5.91. The molecule has 1 aliphatic carbocycles. The quantitative estimate of drug-likeness (QED) is 0.427. The van der Waals surface area contributed by atoms with Gasteiger partial charge in [0.1, 0.15) is 7.11 Å². The molecule has 0 aromatic heterocycles. The van der Waals surface area contributed by atoms with Gasteiger partial charge in [-0.2, -0.15) is 0 Å². The first-order valence-electron chi connectivity index (χ1n) is 3.56. The Hall–Kier alpha value is -0.240. The Labute approximate surface area is 66.2 Å². The van der Waals surface area contributed by atoms with E-state index in [1.807, 2.05) is 0 Å². The molecule has 1 unspecified atom stereocenters. The van der Waals surface area contributed by atoms with Gasteiger partial charge in [0.05, 0.1) is 5.71 Å². The van der Waals surface area contributed by atoms with Crippen LogP contribution in [0, 0.1) is 0 Å². The van der Waals surface area contributed by atoms with Crippen LogP contribution in [0.5, 0.6) is 0 Å². The zero-order valence-corrected chi connectivity index (χ0v) is 6.90. The second-order valence-corrected chi connectivity index (χ2v) is 3.15. The minimum Gasteiger partial charge on any atom is -0.399 e. The van der Waals surface area contributed by atoms with Gasteiger partial charge < -0.3 is 4.84 Å². The summed E-state index contributed by atoms with van der Waals surface area (Å²) in [5, 5.41) is 4.15. The second-order valence-electron chi connectivity index (χ2n) is 2.53. The summed E-state index contributed by atoms with van der Waals surface area (Å²) in [6, 6.07) is 0. The van der Waals surface area contributed by atoms with Gasteiger partial charge in [-0.15, -0.1) is 11.6 Å². The summed E-state index contributed by atoms with van der Waals surface area (Å²) in [4.78, 5) is 4.66. The minimum atomic E-state index is 0.280. The fraction of sp³-hybridized carbons (Fsp3) is 0.857. The first-order chi connectivity index (χ1) is 4.83. The van der Waals surface area contributed by atoms with Crippen molar-refractivity contribution in [2.75, 3.05) is 7.11 Å². The molecule has 0 heterocycles. The summed E-state index contributed by atoms with van der Waals surface area (Å²) in [5.74, 6) is 0. The molecule has 0 spiro atoms. The van der Waals surface area contributed by atoms with Crippen LogP contribution in [0.4, 0.5) is 0 Å². The standard InChI is InChI=1S/C7H12ClNO/c1-10-9-7-4-2-3-6(8)5-7/h6H,2-5H2,1H3. The van der Waals surface area contributed by atoms with Crippen LogP contribution in [-0.2, 0) is 4.84 Å². The molecule has 1 saturated carbocycles. The molecule has 0 N–H and O–H groups in total. The maximum Gasteiger partial charge on any atom is 0.106 e. The predicted octanol–water partition coefficient (Wildman–Crippen LogP) is 2.17. The van der Waals surface area contributed by atoms with Gasteiger partial charge in [-0.3, -0.25) is 0 Å². The fourth-order valence-corrected chi connectivity index (χ4v) is 1.53. The average molecular weight is 162 g/mol. The van der Waals surface area contributed by atoms with Gasteiger partial charge in [-0.1, -0.05) is 5.16 Å². The van der Waals surface area contributed by atoms with E-state index >= 15 is 0 Å². The minimum absolute atomic E-state index is 0.280. The highest BCUT2D eigenvalue weighted by atomic mass is 35.5. The summed E-state index contributed by atoms with van der Waals surface area (Å²) in [6.07, 6.45) is 4.22. The highest BCUT2D eigenvalue weighted by Crippen LogP contribution is 2.20. The Morgan fingerprint density at radius 2 is 2.50 bits per heavy atom. The van der Waals surface area contributed by atoms with E-state index in [4.69, 9.17) is 11.6 Å². The third-order valence-electron chi connectivity index (χ3n) is 1.66. The lowest BCUT2D eigenvalue weighted by Crippen LogP contribution is -2.14. The van der Waals surface area contributed by atoms with Crippen molar-refractivity contribution in [2.45, 2.75) is 31.1 Å². The normalized spacial score (nSPS) is 30.6. The molecule has 2 nitrogen and oxygen atoms in total. The Morgan fingerprint density at radius 3 is 3.10 bits per heavy atom. The zero-order valence-electron chi connectivity index (χ0n) is 6.14. The van der Waals surface area contributed by atoms with Crippen LogP contribution in [-0.4, -0.2) is 18.2 Å². The van der Waals surface area contributed by atoms with Crippen LogP contribution in [0.3, 0.4) is 0 Å². The molecule has 0 bridgehead atoms. The monoisotopic (exact) mass is 161 g/mol. The molecule has 1 fully saturated rings. The number of alkyl halides is 1. The van der Waals surface area contributed by atoms with Gasteiger partial charge in [-0.25, -0.2) is 0 Å². The van der Waals surface area contributed by atoms with Crippen LogP contribution in [0.2, 0.25) is 0 Å². The first kappa shape index (κ1) is 7.86. The SMILES string of the molecule is CON=C1CCCC(Cl)C1. The molecule has 0 amide bonds. The van der Waals surface area contributed by atoms with Gasteiger partial charge in [0.2, 0.25) is 0 Å². The lowest BCUT2D eigenvalue weighted by atomic mass is 9.98. The number of hydrogen-bond acceptors (Lipinski definition) is 2. The lowest BCUT2D eigenvalue weighted by molar-refractivity contribution is 0.211. The van der Waals surface area contributed by atoms with Gasteiger partial charge >= 0.3 is 0 Å². The van der Waals surface area contributed by atoms with E-state index in [0.29, 0.717) is 0 Å². The van der Waals surface area contributed by atoms with Crippen molar-refractivity contribution >= 4 is 17.3 Å². The fourth-order valence-electron chi connectivity index (χ4n) is 1.20. The maximum absolute atomic E-state index is 5.91. The Kier molecular flexibility index (Phi) is 3.00. The van der Waals surface area contributed by atoms with Crippen molar-refractivity contribution in [3.05, 3.63) is 0 Å². The van der Waals surface area contributed by atoms with E-state index in [-0.39, 0.29) is 5.38 Å². The highest BCUT2D eigenvalue weighted by Gasteiger charge is 2.15. The molecule has 0 aromatic carbocycles. The molecule has 0 aliphatic heterocycles. The van der Waals surface area contributed by atoms with Crippen LogP contribution >= 0.6 is 11.6 Å². The third kappa shape index (κ3) is 2.18. The predicted molar refractivity (Wildman–Crippen MR) is 42.6 cm³/mol. The number of rotatable bonds is 1. The van der Waals surface area contributed by atoms with Crippen LogP contribution in [0.1, 0.15) is 25.7 Å². The number of halogens is 1. The van der Waals surface area contributed by atoms with E-state index in [2.05, 4.69) is 9.99 Å².